The minimum absolute atomic E-state index is 0.176. The van der Waals surface area contributed by atoms with Gasteiger partial charge in [0.1, 0.15) is 0 Å². The van der Waals surface area contributed by atoms with E-state index in [1.165, 1.54) is 0 Å². The first-order valence-electron chi connectivity index (χ1n) is 5.62. The molecule has 0 bridgehead atoms. The normalized spacial score (nSPS) is 17.2. The number of halogens is 1. The first-order valence-corrected chi connectivity index (χ1v) is 6.70. The van der Waals surface area contributed by atoms with E-state index in [2.05, 4.69) is 27.5 Å². The fourth-order valence-corrected chi connectivity index (χ4v) is 2.85. The molecule has 2 rings (SSSR count). The lowest BCUT2D eigenvalue weighted by Gasteiger charge is -2.23. The van der Waals surface area contributed by atoms with E-state index in [4.69, 9.17) is 5.73 Å². The average Bonchev–Trinajstić information content (AvgIpc) is 2.42. The molecule has 0 spiro atoms. The van der Waals surface area contributed by atoms with E-state index in [1.54, 1.807) is 4.90 Å². The molecule has 0 radical (unpaired) electrons. The number of benzene rings is 1. The number of nitrogens with zero attached hydrogens (tertiary/aromatic N) is 2. The van der Waals surface area contributed by atoms with Gasteiger partial charge in [0.05, 0.1) is 12.2 Å². The van der Waals surface area contributed by atoms with Crippen molar-refractivity contribution in [3.8, 4) is 0 Å². The summed E-state index contributed by atoms with van der Waals surface area (Å²) in [4.78, 5) is 15.8. The number of carbonyl (C=O) groups excluding carboxylic acids is 1. The summed E-state index contributed by atoms with van der Waals surface area (Å²) in [6.45, 7) is 2.20. The summed E-state index contributed by atoms with van der Waals surface area (Å²) in [5.74, 6) is 0.176. The Hall–Kier alpha value is -0.980. The molecule has 1 aromatic carbocycles. The molecule has 0 aliphatic carbocycles. The lowest BCUT2D eigenvalue weighted by Crippen LogP contribution is -2.34. The number of rotatable bonds is 1. The zero-order valence-corrected chi connectivity index (χ0v) is 12.0. The van der Waals surface area contributed by atoms with Gasteiger partial charge in [-0.15, -0.1) is 0 Å². The van der Waals surface area contributed by atoms with Crippen molar-refractivity contribution in [3.63, 3.8) is 0 Å². The molecule has 1 heterocycles. The Kier molecular flexibility index (Phi) is 3.76. The van der Waals surface area contributed by atoms with Gasteiger partial charge in [-0.25, -0.2) is 0 Å². The largest absolute Gasteiger partial charge is 0.399 e. The van der Waals surface area contributed by atoms with Gasteiger partial charge in [-0.2, -0.15) is 0 Å². The lowest BCUT2D eigenvalue weighted by molar-refractivity contribution is -0.127. The molecule has 1 aromatic rings. The fourth-order valence-electron chi connectivity index (χ4n) is 1.97. The van der Waals surface area contributed by atoms with Crippen LogP contribution in [0.25, 0.3) is 0 Å². The zero-order valence-electron chi connectivity index (χ0n) is 9.82. The van der Waals surface area contributed by atoms with Crippen LogP contribution in [0.1, 0.15) is 6.42 Å². The highest BCUT2D eigenvalue weighted by molar-refractivity contribution is 14.1. The van der Waals surface area contributed by atoms with E-state index in [1.807, 2.05) is 25.2 Å². The number of hydrogen-bond donors (Lipinski definition) is 1. The first kappa shape index (κ1) is 12.5. The molecule has 0 saturated carbocycles. The molecule has 1 saturated heterocycles. The summed E-state index contributed by atoms with van der Waals surface area (Å²) in [6.07, 6.45) is 1.00. The van der Waals surface area contributed by atoms with Crippen LogP contribution in [0.3, 0.4) is 0 Å². The highest BCUT2D eigenvalue weighted by atomic mass is 127. The summed E-state index contributed by atoms with van der Waals surface area (Å²) in [5, 5.41) is 0. The van der Waals surface area contributed by atoms with Crippen LogP contribution in [0.15, 0.2) is 18.2 Å². The average molecular weight is 345 g/mol. The van der Waals surface area contributed by atoms with Gasteiger partial charge in [0.2, 0.25) is 5.91 Å². The van der Waals surface area contributed by atoms with E-state index in [0.717, 1.165) is 34.5 Å². The van der Waals surface area contributed by atoms with Crippen molar-refractivity contribution in [2.75, 3.05) is 37.3 Å². The van der Waals surface area contributed by atoms with Crippen LogP contribution in [0.5, 0.6) is 0 Å². The van der Waals surface area contributed by atoms with Gasteiger partial charge in [0.15, 0.2) is 0 Å². The van der Waals surface area contributed by atoms with Gasteiger partial charge < -0.3 is 15.5 Å². The minimum Gasteiger partial charge on any atom is -0.399 e. The molecule has 4 nitrogen and oxygen atoms in total. The van der Waals surface area contributed by atoms with E-state index < -0.39 is 0 Å². The van der Waals surface area contributed by atoms with Crippen LogP contribution in [-0.2, 0) is 4.79 Å². The van der Waals surface area contributed by atoms with Crippen LogP contribution < -0.4 is 10.6 Å². The highest BCUT2D eigenvalue weighted by Gasteiger charge is 2.20. The Bertz CT molecular complexity index is 436. The predicted octanol–water partition coefficient (Wildman–Crippen LogP) is 1.54. The van der Waals surface area contributed by atoms with Gasteiger partial charge in [0.25, 0.3) is 0 Å². The third-order valence-electron chi connectivity index (χ3n) is 2.99. The molecular weight excluding hydrogens is 329 g/mol. The Labute approximate surface area is 115 Å². The number of amides is 1. The number of nitrogen functional groups attached to an aromatic ring is 1. The molecule has 0 unspecified atom stereocenters. The van der Waals surface area contributed by atoms with Crippen LogP contribution in [0.2, 0.25) is 0 Å². The number of likely N-dealkylation sites (N-methyl/N-ethyl adjacent to an activating group) is 1. The van der Waals surface area contributed by atoms with Crippen LogP contribution in [0, 0.1) is 3.57 Å². The predicted molar refractivity (Wildman–Crippen MR) is 78.0 cm³/mol. The quantitative estimate of drug-likeness (QED) is 0.621. The summed E-state index contributed by atoms with van der Waals surface area (Å²) < 4.78 is 1.10. The van der Waals surface area contributed by atoms with Crippen molar-refractivity contribution in [1.82, 2.24) is 4.90 Å². The smallest absolute Gasteiger partial charge is 0.241 e. The minimum atomic E-state index is 0.176. The van der Waals surface area contributed by atoms with Gasteiger partial charge in [0, 0.05) is 29.4 Å². The molecule has 1 aliphatic rings. The second-order valence-electron chi connectivity index (χ2n) is 4.30. The molecule has 0 atom stereocenters. The second kappa shape index (κ2) is 5.12. The summed E-state index contributed by atoms with van der Waals surface area (Å²) in [6, 6.07) is 5.82. The maximum Gasteiger partial charge on any atom is 0.241 e. The number of hydrogen-bond acceptors (Lipinski definition) is 3. The topological polar surface area (TPSA) is 49.6 Å². The zero-order chi connectivity index (χ0) is 12.4. The summed E-state index contributed by atoms with van der Waals surface area (Å²) in [7, 11) is 1.86. The van der Waals surface area contributed by atoms with Crippen LogP contribution in [-0.4, -0.2) is 37.5 Å². The van der Waals surface area contributed by atoms with Gasteiger partial charge in [-0.05, 0) is 47.2 Å². The van der Waals surface area contributed by atoms with E-state index in [-0.39, 0.29) is 5.91 Å². The van der Waals surface area contributed by atoms with Gasteiger partial charge >= 0.3 is 0 Å². The maximum atomic E-state index is 11.8. The monoisotopic (exact) mass is 345 g/mol. The van der Waals surface area contributed by atoms with E-state index in [9.17, 15) is 4.79 Å². The van der Waals surface area contributed by atoms with E-state index >= 15 is 0 Å². The highest BCUT2D eigenvalue weighted by Crippen LogP contribution is 2.25. The molecule has 1 fully saturated rings. The standard InChI is InChI=1S/C12H16IN3O/c1-15-5-2-6-16(8-12(15)17)11-4-3-9(14)7-10(11)13/h3-4,7H,2,5-6,8,14H2,1H3. The Morgan fingerprint density at radius 1 is 1.35 bits per heavy atom. The third kappa shape index (κ3) is 2.83. The van der Waals surface area contributed by atoms with Crippen LogP contribution >= 0.6 is 22.6 Å². The van der Waals surface area contributed by atoms with Crippen molar-refractivity contribution >= 4 is 39.9 Å². The van der Waals surface area contributed by atoms with E-state index in [0.29, 0.717) is 6.54 Å². The molecule has 2 N–H and O–H groups in total. The van der Waals surface area contributed by atoms with Crippen molar-refractivity contribution in [1.29, 1.82) is 0 Å². The molecule has 0 aromatic heterocycles. The fraction of sp³-hybridized carbons (Fsp3) is 0.417. The number of carbonyl (C=O) groups is 1. The summed E-state index contributed by atoms with van der Waals surface area (Å²) in [5.41, 5.74) is 7.60. The molecule has 17 heavy (non-hydrogen) atoms. The first-order chi connectivity index (χ1) is 8.08. The molecular formula is C12H16IN3O. The SMILES string of the molecule is CN1CCCN(c2ccc(N)cc2I)CC1=O. The lowest BCUT2D eigenvalue weighted by atomic mass is 10.2. The number of anilines is 2. The van der Waals surface area contributed by atoms with Crippen molar-refractivity contribution in [3.05, 3.63) is 21.8 Å². The molecule has 1 aliphatic heterocycles. The number of nitrogens with two attached hydrogens (primary N) is 1. The summed E-state index contributed by atoms with van der Waals surface area (Å²) >= 11 is 2.27. The maximum absolute atomic E-state index is 11.8. The molecule has 1 amide bonds. The molecule has 5 heteroatoms. The van der Waals surface area contributed by atoms with Crippen molar-refractivity contribution in [2.24, 2.45) is 0 Å². The van der Waals surface area contributed by atoms with Gasteiger partial charge in [-0.3, -0.25) is 4.79 Å². The van der Waals surface area contributed by atoms with Gasteiger partial charge in [-0.1, -0.05) is 0 Å². The Morgan fingerprint density at radius 3 is 2.82 bits per heavy atom. The Balaban J connectivity index is 2.24. The van der Waals surface area contributed by atoms with Crippen molar-refractivity contribution in [2.45, 2.75) is 6.42 Å². The van der Waals surface area contributed by atoms with Crippen LogP contribution in [0.4, 0.5) is 11.4 Å². The third-order valence-corrected chi connectivity index (χ3v) is 3.85. The molecule has 92 valence electrons. The van der Waals surface area contributed by atoms with Crippen molar-refractivity contribution < 1.29 is 4.79 Å². The Morgan fingerprint density at radius 2 is 2.12 bits per heavy atom. The second-order valence-corrected chi connectivity index (χ2v) is 5.46.